The molecule has 0 nitrogen and oxygen atoms in total. The minimum absolute atomic E-state index is 0.375. The van der Waals surface area contributed by atoms with Crippen LogP contribution in [0.2, 0.25) is 6.04 Å². The van der Waals surface area contributed by atoms with Gasteiger partial charge in [0.1, 0.15) is 13.0 Å². The smallest absolute Gasteiger partial charge is 0.150 e. The molecule has 6 heteroatoms. The number of rotatable bonds is 0. The quantitative estimate of drug-likeness (QED) is 0.336. The maximum atomic E-state index is 5.74. The van der Waals surface area contributed by atoms with Crippen molar-refractivity contribution in [1.29, 1.82) is 0 Å². The van der Waals surface area contributed by atoms with Crippen LogP contribution in [-0.4, -0.2) is 19.2 Å². The van der Waals surface area contributed by atoms with E-state index in [0.29, 0.717) is 15.1 Å². The van der Waals surface area contributed by atoms with Crippen molar-refractivity contribution in [2.45, 2.75) is 10.0 Å². The normalized spacial score (nSPS) is 31.5. The molecule has 0 aliphatic carbocycles. The molecule has 0 atom stereocenters. The fraction of sp³-hybridized carbons (Fsp3) is 1.00. The zero-order valence-electron chi connectivity index (χ0n) is 3.72. The second-order valence-electron chi connectivity index (χ2n) is 1.71. The Kier molecular flexibility index (Phi) is 1.96. The van der Waals surface area contributed by atoms with Crippen LogP contribution >= 0.6 is 45.4 Å². The zero-order chi connectivity index (χ0) is 6.41. The molecule has 0 spiro atoms. The Morgan fingerprint density at radius 3 is 1.75 bits per heavy atom. The molecule has 46 valence electrons. The lowest BCUT2D eigenvalue weighted by Gasteiger charge is -2.37. The van der Waals surface area contributed by atoms with Crippen molar-refractivity contribution in [3.63, 3.8) is 0 Å². The summed E-state index contributed by atoms with van der Waals surface area (Å²) in [5, 5.41) is 0. The van der Waals surface area contributed by atoms with E-state index in [-0.39, 0.29) is 0 Å². The highest BCUT2D eigenvalue weighted by Crippen LogP contribution is 2.45. The molecule has 8 heavy (non-hydrogen) atoms. The summed E-state index contributed by atoms with van der Waals surface area (Å²) in [6.07, 6.45) is -1.88. The van der Waals surface area contributed by atoms with Crippen molar-refractivity contribution >= 4 is 60.6 Å². The molecule has 0 bridgehead atoms. The topological polar surface area (TPSA) is 0 Å². The van der Waals surface area contributed by atoms with Crippen molar-refractivity contribution < 1.29 is 0 Å². The van der Waals surface area contributed by atoms with Crippen LogP contribution < -0.4 is 0 Å². The average molecular weight is 224 g/mol. The molecule has 1 aliphatic rings. The fourth-order valence-electron chi connectivity index (χ4n) is 0.528. The van der Waals surface area contributed by atoms with E-state index in [0.717, 1.165) is 0 Å². The number of hydrogen-bond donors (Lipinski definition) is 0. The number of alkyl halides is 2. The molecule has 0 aromatic heterocycles. The molecule has 0 N–H and O–H groups in total. The Bertz CT molecular complexity index is 88.6. The second kappa shape index (κ2) is 2.04. The molecule has 2 radical (unpaired) electrons. The van der Waals surface area contributed by atoms with E-state index in [4.69, 9.17) is 45.4 Å². The molecule has 0 saturated carbocycles. The van der Waals surface area contributed by atoms with Gasteiger partial charge in [-0.3, -0.25) is 0 Å². The van der Waals surface area contributed by atoms with E-state index >= 15 is 0 Å². The van der Waals surface area contributed by atoms with Crippen LogP contribution in [0.1, 0.15) is 0 Å². The van der Waals surface area contributed by atoms with Crippen molar-refractivity contribution in [2.24, 2.45) is 0 Å². The molecule has 1 rings (SSSR count). The molecule has 0 aromatic rings. The van der Waals surface area contributed by atoms with E-state index < -0.39 is 10.2 Å². The number of hydrogen-bond acceptors (Lipinski definition) is 0. The maximum Gasteiger partial charge on any atom is 0.239 e. The summed E-state index contributed by atoms with van der Waals surface area (Å²) in [6, 6.07) is 0.616. The first-order valence-electron chi connectivity index (χ1n) is 1.96. The Labute approximate surface area is 70.5 Å². The standard InChI is InChI=1S/C2H2Cl4Si2/c3-2(4)1-8(5,6)7-2/h1H2. The SMILES string of the molecule is ClC1(Cl)C[Si](Cl)(Cl)[Si]1. The lowest BCUT2D eigenvalue weighted by atomic mass is 10.9. The molecule has 0 aromatic carbocycles. The zero-order valence-corrected chi connectivity index (χ0v) is 8.74. The van der Waals surface area contributed by atoms with Crippen LogP contribution in [0.15, 0.2) is 0 Å². The first-order chi connectivity index (χ1) is 3.41. The first-order valence-corrected chi connectivity index (χ1v) is 8.95. The summed E-state index contributed by atoms with van der Waals surface area (Å²) in [7, 11) is 0.375. The van der Waals surface area contributed by atoms with Gasteiger partial charge in [-0.2, -0.15) is 22.2 Å². The second-order valence-corrected chi connectivity index (χ2v) is 16.4. The number of halogens is 4. The van der Waals surface area contributed by atoms with Crippen LogP contribution in [0.5, 0.6) is 0 Å². The van der Waals surface area contributed by atoms with Crippen molar-refractivity contribution in [3.8, 4) is 0 Å². The highest BCUT2D eigenvalue weighted by atomic mass is 35.7. The monoisotopic (exact) mass is 222 g/mol. The summed E-state index contributed by atoms with van der Waals surface area (Å²) in [5.74, 6) is 0. The van der Waals surface area contributed by atoms with Crippen molar-refractivity contribution in [1.82, 2.24) is 0 Å². The highest BCUT2D eigenvalue weighted by Gasteiger charge is 2.54. The third-order valence-corrected chi connectivity index (χ3v) is 10.7. The minimum atomic E-state index is -1.88. The molecule has 1 heterocycles. The van der Waals surface area contributed by atoms with E-state index in [1.165, 1.54) is 0 Å². The Morgan fingerprint density at radius 1 is 1.38 bits per heavy atom. The molecule has 0 amide bonds. The fourth-order valence-corrected chi connectivity index (χ4v) is 16.5. The molecule has 1 saturated heterocycles. The largest absolute Gasteiger partial charge is 0.239 e. The Hall–Kier alpha value is 1.59. The average Bonchev–Trinajstić information content (AvgIpc) is 1.20. The van der Waals surface area contributed by atoms with E-state index in [1.54, 1.807) is 0 Å². The molecule has 1 fully saturated rings. The van der Waals surface area contributed by atoms with Crippen LogP contribution in [0.25, 0.3) is 0 Å². The minimum Gasteiger partial charge on any atom is -0.150 e. The first kappa shape index (κ1) is 7.70. The predicted molar refractivity (Wildman–Crippen MR) is 42.5 cm³/mol. The highest BCUT2D eigenvalue weighted by molar-refractivity contribution is 7.71. The van der Waals surface area contributed by atoms with E-state index in [2.05, 4.69) is 0 Å². The van der Waals surface area contributed by atoms with Gasteiger partial charge in [-0.05, 0) is 6.04 Å². The summed E-state index contributed by atoms with van der Waals surface area (Å²) in [5.41, 5.74) is 0. The summed E-state index contributed by atoms with van der Waals surface area (Å²) in [4.78, 5) is 0. The third kappa shape index (κ3) is 1.79. The van der Waals surface area contributed by atoms with E-state index in [1.807, 2.05) is 0 Å². The third-order valence-electron chi connectivity index (χ3n) is 0.810. The van der Waals surface area contributed by atoms with Crippen LogP contribution in [-0.2, 0) is 0 Å². The van der Waals surface area contributed by atoms with E-state index in [9.17, 15) is 0 Å². The summed E-state index contributed by atoms with van der Waals surface area (Å²) < 4.78 is -0.574. The lowest BCUT2D eigenvalue weighted by molar-refractivity contribution is 1.18. The van der Waals surface area contributed by atoms with Crippen LogP contribution in [0, 0.1) is 0 Å². The van der Waals surface area contributed by atoms with Gasteiger partial charge in [-0.25, -0.2) is 0 Å². The van der Waals surface area contributed by atoms with Gasteiger partial charge in [-0.1, -0.05) is 0 Å². The van der Waals surface area contributed by atoms with Gasteiger partial charge in [-0.15, -0.1) is 23.2 Å². The molecular formula is C2H2Cl4Si2. The van der Waals surface area contributed by atoms with Gasteiger partial charge in [0.2, 0.25) is 6.21 Å². The van der Waals surface area contributed by atoms with Crippen molar-refractivity contribution in [2.75, 3.05) is 0 Å². The molecular weight excluding hydrogens is 222 g/mol. The van der Waals surface area contributed by atoms with Crippen LogP contribution in [0.4, 0.5) is 0 Å². The van der Waals surface area contributed by atoms with Gasteiger partial charge >= 0.3 is 0 Å². The Morgan fingerprint density at radius 2 is 1.75 bits per heavy atom. The van der Waals surface area contributed by atoms with Crippen LogP contribution in [0.3, 0.4) is 0 Å². The van der Waals surface area contributed by atoms with Gasteiger partial charge in [0.25, 0.3) is 0 Å². The Balaban J connectivity index is 2.42. The van der Waals surface area contributed by atoms with Gasteiger partial charge in [0.15, 0.2) is 0 Å². The van der Waals surface area contributed by atoms with Gasteiger partial charge < -0.3 is 0 Å². The summed E-state index contributed by atoms with van der Waals surface area (Å²) >= 11 is 22.7. The predicted octanol–water partition coefficient (Wildman–Crippen LogP) is 2.25. The molecule has 1 aliphatic heterocycles. The van der Waals surface area contributed by atoms with Gasteiger partial charge in [0.05, 0.1) is 0 Å². The lowest BCUT2D eigenvalue weighted by Crippen LogP contribution is -2.55. The summed E-state index contributed by atoms with van der Waals surface area (Å²) in [6.45, 7) is 0. The molecule has 0 unspecified atom stereocenters. The van der Waals surface area contributed by atoms with Crippen molar-refractivity contribution in [3.05, 3.63) is 0 Å². The maximum absolute atomic E-state index is 5.74. The van der Waals surface area contributed by atoms with Gasteiger partial charge in [0, 0.05) is 0 Å².